The van der Waals surface area contributed by atoms with Crippen molar-refractivity contribution in [2.75, 3.05) is 0 Å². The van der Waals surface area contributed by atoms with Crippen LogP contribution in [-0.2, 0) is 0 Å². The van der Waals surface area contributed by atoms with Crippen LogP contribution in [0, 0.1) is 6.42 Å². The summed E-state index contributed by atoms with van der Waals surface area (Å²) in [6, 6.07) is 0. The molecule has 127 valence electrons. The van der Waals surface area contributed by atoms with E-state index in [1.54, 1.807) is 5.57 Å². The summed E-state index contributed by atoms with van der Waals surface area (Å²) < 4.78 is 0. The summed E-state index contributed by atoms with van der Waals surface area (Å²) in [5.41, 5.74) is 4.43. The van der Waals surface area contributed by atoms with Gasteiger partial charge in [-0.3, -0.25) is 0 Å². The van der Waals surface area contributed by atoms with Crippen molar-refractivity contribution in [3.63, 3.8) is 0 Å². The molecule has 1 radical (unpaired) electrons. The summed E-state index contributed by atoms with van der Waals surface area (Å²) in [5, 5.41) is 10.4. The van der Waals surface area contributed by atoms with Gasteiger partial charge in [-0.25, -0.2) is 0 Å². The lowest BCUT2D eigenvalue weighted by Gasteiger charge is -2.24. The topological polar surface area (TPSA) is 20.2 Å². The Morgan fingerprint density at radius 2 is 1.23 bits per heavy atom. The van der Waals surface area contributed by atoms with Gasteiger partial charge in [0.05, 0.1) is 5.76 Å². The normalized spacial score (nSPS) is 15.8. The quantitative estimate of drug-likeness (QED) is 0.371. The van der Waals surface area contributed by atoms with Gasteiger partial charge in [-0.15, -0.1) is 0 Å². The van der Waals surface area contributed by atoms with Crippen LogP contribution in [0.4, 0.5) is 0 Å². The van der Waals surface area contributed by atoms with Gasteiger partial charge in [0, 0.05) is 6.42 Å². The molecule has 0 aromatic rings. The van der Waals surface area contributed by atoms with Crippen molar-refractivity contribution >= 4 is 0 Å². The highest BCUT2D eigenvalue weighted by atomic mass is 16.3. The smallest absolute Gasteiger partial charge is 0.0998 e. The lowest BCUT2D eigenvalue weighted by atomic mass is 9.82. The lowest BCUT2D eigenvalue weighted by Crippen LogP contribution is -2.08. The van der Waals surface area contributed by atoms with Crippen LogP contribution in [-0.4, -0.2) is 5.11 Å². The summed E-state index contributed by atoms with van der Waals surface area (Å²) in [7, 11) is 0. The molecule has 0 amide bonds. The van der Waals surface area contributed by atoms with Crippen LogP contribution < -0.4 is 0 Å². The summed E-state index contributed by atoms with van der Waals surface area (Å²) in [5.74, 6) is 0.585. The van der Waals surface area contributed by atoms with E-state index >= 15 is 0 Å². The maximum atomic E-state index is 10.4. The van der Waals surface area contributed by atoms with E-state index in [0.717, 1.165) is 12.8 Å². The average molecular weight is 306 g/mol. The number of hydrogen-bond donors (Lipinski definition) is 1. The molecule has 0 spiro atoms. The van der Waals surface area contributed by atoms with Gasteiger partial charge in [-0.1, -0.05) is 64.9 Å². The van der Waals surface area contributed by atoms with Crippen molar-refractivity contribution in [1.29, 1.82) is 0 Å². The fourth-order valence-electron chi connectivity index (χ4n) is 3.39. The second-order valence-electron chi connectivity index (χ2n) is 6.73. The maximum Gasteiger partial charge on any atom is 0.0998 e. The van der Waals surface area contributed by atoms with Crippen LogP contribution in [0.15, 0.2) is 22.5 Å². The zero-order valence-corrected chi connectivity index (χ0v) is 15.2. The molecule has 0 unspecified atom stereocenters. The number of allylic oxidation sites excluding steroid dienone is 4. The van der Waals surface area contributed by atoms with Crippen LogP contribution >= 0.6 is 0 Å². The third-order valence-electron chi connectivity index (χ3n) is 4.78. The molecule has 1 aliphatic rings. The van der Waals surface area contributed by atoms with Gasteiger partial charge >= 0.3 is 0 Å². The number of aliphatic hydroxyl groups is 1. The predicted molar refractivity (Wildman–Crippen MR) is 98.0 cm³/mol. The first-order valence-corrected chi connectivity index (χ1v) is 9.71. The minimum Gasteiger partial charge on any atom is -0.512 e. The van der Waals surface area contributed by atoms with Crippen molar-refractivity contribution < 1.29 is 5.11 Å². The molecule has 1 nitrogen and oxygen atoms in total. The van der Waals surface area contributed by atoms with E-state index in [1.807, 2.05) is 0 Å². The number of aliphatic hydroxyl groups excluding tert-OH is 1. The van der Waals surface area contributed by atoms with Gasteiger partial charge in [-0.2, -0.15) is 0 Å². The summed E-state index contributed by atoms with van der Waals surface area (Å²) in [6.07, 6.45) is 18.0. The molecule has 1 aliphatic carbocycles. The van der Waals surface area contributed by atoms with Gasteiger partial charge < -0.3 is 5.11 Å². The molecular formula is C21H37O. The highest BCUT2D eigenvalue weighted by Crippen LogP contribution is 2.37. The standard InChI is InChI=1S/C21H37O/c1-4-7-10-13-18-16-17-21(22)20(15-12-9-6-3)19(18)14-11-8-5-2/h17,22H,4-16H2,1-3H3. The molecule has 0 aromatic carbocycles. The van der Waals surface area contributed by atoms with Crippen molar-refractivity contribution in [2.24, 2.45) is 0 Å². The van der Waals surface area contributed by atoms with Crippen molar-refractivity contribution in [3.8, 4) is 0 Å². The fourth-order valence-corrected chi connectivity index (χ4v) is 3.39. The summed E-state index contributed by atoms with van der Waals surface area (Å²) in [6.45, 7) is 6.78. The predicted octanol–water partition coefficient (Wildman–Crippen LogP) is 7.44. The Labute approximate surface area is 138 Å². The third-order valence-corrected chi connectivity index (χ3v) is 4.78. The molecule has 0 heterocycles. The Balaban J connectivity index is 2.80. The SMILES string of the molecule is CCCCCC1=C(CCCCC)C(CCCCC)=C(O)[CH]C1. The van der Waals surface area contributed by atoms with Crippen LogP contribution in [0.1, 0.15) is 104 Å². The number of hydrogen-bond acceptors (Lipinski definition) is 1. The molecular weight excluding hydrogens is 268 g/mol. The van der Waals surface area contributed by atoms with E-state index in [2.05, 4.69) is 27.2 Å². The first kappa shape index (κ1) is 19.3. The molecule has 22 heavy (non-hydrogen) atoms. The monoisotopic (exact) mass is 305 g/mol. The molecule has 0 saturated heterocycles. The molecule has 1 heteroatoms. The minimum absolute atomic E-state index is 0.585. The van der Waals surface area contributed by atoms with Gasteiger partial charge in [-0.05, 0) is 56.1 Å². The maximum absolute atomic E-state index is 10.4. The van der Waals surface area contributed by atoms with Crippen molar-refractivity contribution in [3.05, 3.63) is 28.9 Å². The molecule has 0 saturated carbocycles. The van der Waals surface area contributed by atoms with Gasteiger partial charge in [0.2, 0.25) is 0 Å². The van der Waals surface area contributed by atoms with Crippen LogP contribution in [0.5, 0.6) is 0 Å². The second kappa shape index (κ2) is 11.8. The van der Waals surface area contributed by atoms with Crippen LogP contribution in [0.3, 0.4) is 0 Å². The Bertz CT molecular complexity index is 362. The van der Waals surface area contributed by atoms with E-state index in [-0.39, 0.29) is 0 Å². The summed E-state index contributed by atoms with van der Waals surface area (Å²) in [4.78, 5) is 0. The van der Waals surface area contributed by atoms with E-state index in [9.17, 15) is 5.11 Å². The average Bonchev–Trinajstić information content (AvgIpc) is 2.52. The van der Waals surface area contributed by atoms with Gasteiger partial charge in [0.15, 0.2) is 0 Å². The van der Waals surface area contributed by atoms with Gasteiger partial charge in [0.1, 0.15) is 0 Å². The van der Waals surface area contributed by atoms with E-state index < -0.39 is 0 Å². The van der Waals surface area contributed by atoms with Gasteiger partial charge in [0.25, 0.3) is 0 Å². The molecule has 1 rings (SSSR count). The fraction of sp³-hybridized carbons (Fsp3) is 0.762. The summed E-state index contributed by atoms with van der Waals surface area (Å²) >= 11 is 0. The number of unbranched alkanes of at least 4 members (excludes halogenated alkanes) is 6. The van der Waals surface area contributed by atoms with E-state index in [0.29, 0.717) is 5.76 Å². The Morgan fingerprint density at radius 3 is 1.77 bits per heavy atom. The van der Waals surface area contributed by atoms with E-state index in [4.69, 9.17) is 0 Å². The zero-order valence-electron chi connectivity index (χ0n) is 15.2. The van der Waals surface area contributed by atoms with Crippen molar-refractivity contribution in [1.82, 2.24) is 0 Å². The second-order valence-corrected chi connectivity index (χ2v) is 6.73. The Kier molecular flexibility index (Phi) is 10.4. The Hall–Kier alpha value is -0.720. The molecule has 0 bridgehead atoms. The molecule has 0 atom stereocenters. The largest absolute Gasteiger partial charge is 0.512 e. The zero-order chi connectivity index (χ0) is 16.2. The molecule has 0 aromatic heterocycles. The first-order valence-electron chi connectivity index (χ1n) is 9.71. The lowest BCUT2D eigenvalue weighted by molar-refractivity contribution is 0.403. The first-order chi connectivity index (χ1) is 10.7. The van der Waals surface area contributed by atoms with Crippen LogP contribution in [0.25, 0.3) is 0 Å². The Morgan fingerprint density at radius 1 is 0.727 bits per heavy atom. The third kappa shape index (κ3) is 6.58. The van der Waals surface area contributed by atoms with Crippen molar-refractivity contribution in [2.45, 2.75) is 104 Å². The highest BCUT2D eigenvalue weighted by Gasteiger charge is 2.20. The molecule has 0 fully saturated rings. The highest BCUT2D eigenvalue weighted by molar-refractivity contribution is 5.44. The van der Waals surface area contributed by atoms with Crippen LogP contribution in [0.2, 0.25) is 0 Å². The van der Waals surface area contributed by atoms with E-state index in [1.165, 1.54) is 81.8 Å². The molecule has 1 N–H and O–H groups in total. The minimum atomic E-state index is 0.585. The molecule has 0 aliphatic heterocycles. The number of rotatable bonds is 12.